The first-order valence-corrected chi connectivity index (χ1v) is 11.3. The third-order valence-electron chi connectivity index (χ3n) is 5.76. The zero-order valence-corrected chi connectivity index (χ0v) is 19.1. The summed E-state index contributed by atoms with van der Waals surface area (Å²) in [6.07, 6.45) is 3.66. The molecule has 3 aromatic rings. The van der Waals surface area contributed by atoms with Gasteiger partial charge in [0.1, 0.15) is 13.4 Å². The maximum absolute atomic E-state index is 15.7. The van der Waals surface area contributed by atoms with Crippen molar-refractivity contribution in [1.29, 1.82) is 0 Å². The first-order valence-electron chi connectivity index (χ1n) is 10.9. The molecule has 1 amide bonds. The molecule has 0 saturated carbocycles. The van der Waals surface area contributed by atoms with Crippen LogP contribution in [0.5, 0.6) is 0 Å². The highest BCUT2D eigenvalue weighted by molar-refractivity contribution is 6.37. The molecule has 0 unspecified atom stereocenters. The van der Waals surface area contributed by atoms with Crippen molar-refractivity contribution in [1.82, 2.24) is 20.3 Å². The zero-order valence-electron chi connectivity index (χ0n) is 18.3. The van der Waals surface area contributed by atoms with Crippen molar-refractivity contribution in [3.05, 3.63) is 47.0 Å². The van der Waals surface area contributed by atoms with Gasteiger partial charge in [-0.2, -0.15) is 0 Å². The highest BCUT2D eigenvalue weighted by Gasteiger charge is 2.24. The van der Waals surface area contributed by atoms with E-state index in [2.05, 4.69) is 21.1 Å². The Kier molecular flexibility index (Phi) is 7.49. The van der Waals surface area contributed by atoms with Crippen molar-refractivity contribution >= 4 is 53.2 Å². The fraction of sp³-hybridized carbons (Fsp3) is 0.364. The fourth-order valence-electron chi connectivity index (χ4n) is 4.02. The van der Waals surface area contributed by atoms with Gasteiger partial charge in [0.05, 0.1) is 47.0 Å². The number of aromatic nitrogens is 2. The average molecular weight is 474 g/mol. The molecule has 8 nitrogen and oxygen atoms in total. The van der Waals surface area contributed by atoms with Gasteiger partial charge >= 0.3 is 0 Å². The minimum Gasteiger partial charge on any atom is -0.394 e. The van der Waals surface area contributed by atoms with E-state index in [0.29, 0.717) is 28.7 Å². The number of amides is 1. The topological polar surface area (TPSA) is 100 Å². The second-order valence-electron chi connectivity index (χ2n) is 8.18. The van der Waals surface area contributed by atoms with Crippen LogP contribution in [0.25, 0.3) is 11.0 Å². The number of carbonyl (C=O) groups is 1. The summed E-state index contributed by atoms with van der Waals surface area (Å²) in [4.78, 5) is 22.2. The first-order chi connectivity index (χ1) is 16.0. The van der Waals surface area contributed by atoms with Crippen molar-refractivity contribution in [3.8, 4) is 0 Å². The lowest BCUT2D eigenvalue weighted by Crippen LogP contribution is -2.29. The molecule has 0 atom stereocenters. The van der Waals surface area contributed by atoms with Gasteiger partial charge in [-0.25, -0.2) is 14.9 Å². The van der Waals surface area contributed by atoms with Gasteiger partial charge in [0.15, 0.2) is 5.82 Å². The molecule has 4 rings (SSSR count). The molecule has 2 heterocycles. The molecular formula is C22H26BClFN5O3. The Hall–Kier alpha value is -2.66. The molecule has 0 spiro atoms. The molecule has 0 radical (unpaired) electrons. The van der Waals surface area contributed by atoms with E-state index in [4.69, 9.17) is 21.5 Å². The molecular weight excluding hydrogens is 448 g/mol. The van der Waals surface area contributed by atoms with Gasteiger partial charge in [-0.3, -0.25) is 9.63 Å². The van der Waals surface area contributed by atoms with Crippen LogP contribution < -0.4 is 21.6 Å². The Morgan fingerprint density at radius 1 is 1.36 bits per heavy atom. The number of hydrogen-bond acceptors (Lipinski definition) is 6. The summed E-state index contributed by atoms with van der Waals surface area (Å²) < 4.78 is 17.6. The highest BCUT2D eigenvalue weighted by Crippen LogP contribution is 2.33. The summed E-state index contributed by atoms with van der Waals surface area (Å²) in [7, 11) is 1.90. The van der Waals surface area contributed by atoms with Gasteiger partial charge in [-0.05, 0) is 50.0 Å². The molecule has 0 aliphatic carbocycles. The zero-order chi connectivity index (χ0) is 23.4. The van der Waals surface area contributed by atoms with E-state index >= 15 is 4.39 Å². The number of halogens is 2. The van der Waals surface area contributed by atoms with Crippen molar-refractivity contribution < 1.29 is 19.1 Å². The van der Waals surface area contributed by atoms with Crippen molar-refractivity contribution in [3.63, 3.8) is 0 Å². The van der Waals surface area contributed by atoms with Crippen LogP contribution in [-0.2, 0) is 11.4 Å². The summed E-state index contributed by atoms with van der Waals surface area (Å²) in [5.74, 6) is -0.855. The van der Waals surface area contributed by atoms with Gasteiger partial charge in [0, 0.05) is 6.54 Å². The average Bonchev–Trinajstić information content (AvgIpc) is 3.20. The van der Waals surface area contributed by atoms with Gasteiger partial charge in [0.25, 0.3) is 5.91 Å². The summed E-state index contributed by atoms with van der Waals surface area (Å²) in [5, 5.41) is 15.6. The number of nitrogens with zero attached hydrogens (tertiary/aromatic N) is 2. The van der Waals surface area contributed by atoms with Crippen molar-refractivity contribution in [2.24, 2.45) is 5.92 Å². The molecule has 11 heteroatoms. The van der Waals surface area contributed by atoms with E-state index in [0.717, 1.165) is 31.4 Å². The minimum atomic E-state index is -0.652. The number of aliphatic hydroxyl groups excluding tert-OH is 1. The van der Waals surface area contributed by atoms with E-state index in [1.165, 1.54) is 0 Å². The van der Waals surface area contributed by atoms with Gasteiger partial charge in [-0.15, -0.1) is 0 Å². The van der Waals surface area contributed by atoms with E-state index in [1.54, 1.807) is 24.5 Å². The van der Waals surface area contributed by atoms with Crippen LogP contribution in [0.2, 0.25) is 5.02 Å². The van der Waals surface area contributed by atoms with Crippen LogP contribution in [0.4, 0.5) is 15.8 Å². The SMILES string of the molecule is Bc1ccc(Nc2c(C(=O)NOCCO)cc3c(ncn3CC3CCNCC3)c2F)c(Cl)c1. The summed E-state index contributed by atoms with van der Waals surface area (Å²) in [5.41, 5.74) is 4.36. The predicted octanol–water partition coefficient (Wildman–Crippen LogP) is 1.48. The van der Waals surface area contributed by atoms with Crippen LogP contribution in [0.3, 0.4) is 0 Å². The molecule has 0 bridgehead atoms. The molecule has 1 aromatic heterocycles. The van der Waals surface area contributed by atoms with Gasteiger partial charge in [-0.1, -0.05) is 23.1 Å². The Morgan fingerprint density at radius 2 is 2.15 bits per heavy atom. The Labute approximate surface area is 196 Å². The summed E-state index contributed by atoms with van der Waals surface area (Å²) in [6.45, 7) is 2.24. The molecule has 174 valence electrons. The molecule has 33 heavy (non-hydrogen) atoms. The Bertz CT molecular complexity index is 1150. The van der Waals surface area contributed by atoms with E-state index < -0.39 is 11.7 Å². The van der Waals surface area contributed by atoms with Gasteiger partial charge < -0.3 is 20.3 Å². The van der Waals surface area contributed by atoms with E-state index in [9.17, 15) is 4.79 Å². The molecule has 2 aromatic carbocycles. The second-order valence-corrected chi connectivity index (χ2v) is 8.59. The first kappa shape index (κ1) is 23.5. The van der Waals surface area contributed by atoms with Crippen LogP contribution in [0.15, 0.2) is 30.6 Å². The number of benzene rings is 2. The van der Waals surface area contributed by atoms with Crippen LogP contribution in [-0.4, -0.2) is 54.7 Å². The van der Waals surface area contributed by atoms with E-state index in [-0.39, 0.29) is 30.0 Å². The number of imidazole rings is 1. The smallest absolute Gasteiger partial charge is 0.277 e. The lowest BCUT2D eigenvalue weighted by molar-refractivity contribution is 0.0169. The van der Waals surface area contributed by atoms with Crippen LogP contribution >= 0.6 is 11.6 Å². The lowest BCUT2D eigenvalue weighted by atomic mass is 9.96. The number of carbonyl (C=O) groups excluding carboxylic acids is 1. The fourth-order valence-corrected chi connectivity index (χ4v) is 4.30. The van der Waals surface area contributed by atoms with E-state index in [1.807, 2.05) is 18.5 Å². The Morgan fingerprint density at radius 3 is 2.88 bits per heavy atom. The molecule has 1 aliphatic rings. The molecule has 1 saturated heterocycles. The largest absolute Gasteiger partial charge is 0.394 e. The summed E-state index contributed by atoms with van der Waals surface area (Å²) in [6, 6.07) is 6.91. The molecule has 1 aliphatic heterocycles. The maximum atomic E-state index is 15.7. The van der Waals surface area contributed by atoms with Gasteiger partial charge in [0.2, 0.25) is 0 Å². The summed E-state index contributed by atoms with van der Waals surface area (Å²) >= 11 is 6.33. The second kappa shape index (κ2) is 10.5. The van der Waals surface area contributed by atoms with Crippen molar-refractivity contribution in [2.75, 3.05) is 31.6 Å². The number of aliphatic hydroxyl groups is 1. The normalized spacial score (nSPS) is 14.5. The number of hydrogen-bond donors (Lipinski definition) is 4. The van der Waals surface area contributed by atoms with Crippen LogP contribution in [0.1, 0.15) is 23.2 Å². The number of hydroxylamine groups is 1. The maximum Gasteiger partial charge on any atom is 0.277 e. The van der Waals surface area contributed by atoms with Crippen LogP contribution in [0, 0.1) is 11.7 Å². The Balaban J connectivity index is 1.74. The predicted molar refractivity (Wildman–Crippen MR) is 129 cm³/mol. The standard InChI is InChI=1S/C22H26BClFN5O3/c23-14-1-2-17(16(24)9-14)28-20-15(22(32)29-33-8-7-31)10-18-21(19(20)25)27-12-30(18)11-13-3-5-26-6-4-13/h1-2,9-10,12-13,26,28,31H,3-8,11,23H2,(H,29,32). The third-order valence-corrected chi connectivity index (χ3v) is 6.07. The number of rotatable bonds is 8. The highest BCUT2D eigenvalue weighted by atomic mass is 35.5. The number of nitrogens with one attached hydrogen (secondary N) is 3. The third kappa shape index (κ3) is 5.30. The quantitative estimate of drug-likeness (QED) is 0.225. The lowest BCUT2D eigenvalue weighted by Gasteiger charge is -2.23. The molecule has 4 N–H and O–H groups in total. The molecule has 1 fully saturated rings. The minimum absolute atomic E-state index is 0.0432. The van der Waals surface area contributed by atoms with Crippen molar-refractivity contribution in [2.45, 2.75) is 19.4 Å². The number of piperidine rings is 1. The number of anilines is 2. The monoisotopic (exact) mass is 473 g/mol. The number of fused-ring (bicyclic) bond motifs is 1.